The van der Waals surface area contributed by atoms with Crippen molar-refractivity contribution in [1.82, 2.24) is 10.2 Å². The van der Waals surface area contributed by atoms with E-state index in [9.17, 15) is 19.2 Å². The van der Waals surface area contributed by atoms with E-state index in [4.69, 9.17) is 28.4 Å². The molecule has 0 aliphatic carbocycles. The van der Waals surface area contributed by atoms with Crippen LogP contribution in [0.3, 0.4) is 0 Å². The second kappa shape index (κ2) is 22.6. The first kappa shape index (κ1) is 37.5. The zero-order chi connectivity index (χ0) is 32.8. The molecule has 13 nitrogen and oxygen atoms in total. The van der Waals surface area contributed by atoms with Gasteiger partial charge in [0.2, 0.25) is 11.8 Å². The summed E-state index contributed by atoms with van der Waals surface area (Å²) in [6, 6.07) is 3.94. The predicted molar refractivity (Wildman–Crippen MR) is 170 cm³/mol. The maximum Gasteiger partial charge on any atom is 0.264 e. The first-order chi connectivity index (χ1) is 22.5. The Morgan fingerprint density at radius 3 is 1.83 bits per heavy atom. The van der Waals surface area contributed by atoms with Crippen molar-refractivity contribution in [2.24, 2.45) is 0 Å². The van der Waals surface area contributed by atoms with E-state index in [-0.39, 0.29) is 24.0 Å². The van der Waals surface area contributed by atoms with Gasteiger partial charge in [-0.25, -0.2) is 0 Å². The summed E-state index contributed by atoms with van der Waals surface area (Å²) in [5, 5.41) is 5.34. The van der Waals surface area contributed by atoms with Crippen LogP contribution in [-0.4, -0.2) is 120 Å². The minimum atomic E-state index is -1.000. The molecular formula is C33H51N3O10. The van der Waals surface area contributed by atoms with E-state index in [1.165, 1.54) is 32.1 Å². The molecule has 3 rings (SSSR count). The van der Waals surface area contributed by atoms with Crippen molar-refractivity contribution in [3.63, 3.8) is 0 Å². The van der Waals surface area contributed by atoms with Gasteiger partial charge in [0.15, 0.2) is 0 Å². The van der Waals surface area contributed by atoms with E-state index in [1.807, 2.05) is 0 Å². The number of ether oxygens (including phenoxy) is 6. The highest BCUT2D eigenvalue weighted by atomic mass is 16.6. The van der Waals surface area contributed by atoms with E-state index in [2.05, 4.69) is 17.6 Å². The molecule has 2 aliphatic rings. The molecule has 258 valence electrons. The zero-order valence-electron chi connectivity index (χ0n) is 27.2. The summed E-state index contributed by atoms with van der Waals surface area (Å²) in [4.78, 5) is 50.8. The van der Waals surface area contributed by atoms with Crippen molar-refractivity contribution in [2.45, 2.75) is 64.3 Å². The fraction of sp³-hybridized carbons (Fsp3) is 0.697. The van der Waals surface area contributed by atoms with Crippen LogP contribution in [0.2, 0.25) is 0 Å². The summed E-state index contributed by atoms with van der Waals surface area (Å²) in [6.45, 7) is 8.72. The average molecular weight is 650 g/mol. The third kappa shape index (κ3) is 13.0. The molecule has 2 N–H and O–H groups in total. The molecule has 1 aromatic rings. The van der Waals surface area contributed by atoms with Crippen LogP contribution >= 0.6 is 0 Å². The zero-order valence-corrected chi connectivity index (χ0v) is 27.2. The molecule has 1 saturated heterocycles. The van der Waals surface area contributed by atoms with Gasteiger partial charge in [-0.05, 0) is 25.0 Å². The van der Waals surface area contributed by atoms with Crippen LogP contribution in [0, 0.1) is 0 Å². The van der Waals surface area contributed by atoms with E-state index in [0.717, 1.165) is 17.9 Å². The summed E-state index contributed by atoms with van der Waals surface area (Å²) in [5.41, 5.74) is 0.938. The number of piperidine rings is 1. The minimum absolute atomic E-state index is 0.0741. The Morgan fingerprint density at radius 2 is 1.24 bits per heavy atom. The van der Waals surface area contributed by atoms with Crippen molar-refractivity contribution in [2.75, 3.05) is 91.1 Å². The molecule has 0 spiro atoms. The van der Waals surface area contributed by atoms with Gasteiger partial charge < -0.3 is 33.7 Å². The van der Waals surface area contributed by atoms with Gasteiger partial charge in [-0.1, -0.05) is 45.1 Å². The van der Waals surface area contributed by atoms with Gasteiger partial charge in [-0.2, -0.15) is 0 Å². The molecule has 0 aromatic heterocycles. The molecule has 2 heterocycles. The Hall–Kier alpha value is -2.94. The van der Waals surface area contributed by atoms with E-state index in [0.29, 0.717) is 84.9 Å². The molecule has 1 atom stereocenters. The summed E-state index contributed by atoms with van der Waals surface area (Å²) in [5.74, 6) is -2.13. The lowest BCUT2D eigenvalue weighted by Crippen LogP contribution is -2.54. The number of unbranched alkanes of at least 4 members (excludes halogenated alkanes) is 5. The van der Waals surface area contributed by atoms with Crippen LogP contribution < -0.4 is 10.6 Å². The molecule has 1 aromatic carbocycles. The standard InChI is InChI=1S/C33H51N3O10/c1-2-3-4-5-6-7-14-41-16-18-43-20-22-45-24-25-46-23-21-44-19-17-42-15-13-34-27-10-8-9-26-30(27)33(40)36(32(26)39)28-11-12-29(37)35-31(28)38/h8-10,28,34H,2-7,11-25H2,1H3,(H,35,37,38). The summed E-state index contributed by atoms with van der Waals surface area (Å²) < 4.78 is 33.2. The van der Waals surface area contributed by atoms with Crippen LogP contribution in [0.1, 0.15) is 79.0 Å². The first-order valence-electron chi connectivity index (χ1n) is 16.6. The SMILES string of the molecule is CCCCCCCCOCCOCCOCCOCCOCCOCCNc1cccc2c1C(=O)N(C1CCC(=O)NC1=O)C2=O. The Balaban J connectivity index is 1.11. The lowest BCUT2D eigenvalue weighted by molar-refractivity contribution is -0.136. The van der Waals surface area contributed by atoms with Gasteiger partial charge in [-0.15, -0.1) is 0 Å². The molecular weight excluding hydrogens is 598 g/mol. The summed E-state index contributed by atoms with van der Waals surface area (Å²) in [7, 11) is 0. The number of hydrogen-bond acceptors (Lipinski definition) is 11. The van der Waals surface area contributed by atoms with Gasteiger partial charge >= 0.3 is 0 Å². The van der Waals surface area contributed by atoms with Gasteiger partial charge in [0, 0.05) is 25.3 Å². The number of imide groups is 2. The first-order valence-corrected chi connectivity index (χ1v) is 16.6. The number of rotatable bonds is 27. The highest BCUT2D eigenvalue weighted by Crippen LogP contribution is 2.32. The number of nitrogens with one attached hydrogen (secondary N) is 2. The number of anilines is 1. The third-order valence-corrected chi connectivity index (χ3v) is 7.53. The van der Waals surface area contributed by atoms with Crippen molar-refractivity contribution in [3.05, 3.63) is 29.3 Å². The van der Waals surface area contributed by atoms with Crippen molar-refractivity contribution in [1.29, 1.82) is 0 Å². The second-order valence-electron chi connectivity index (χ2n) is 11.0. The molecule has 46 heavy (non-hydrogen) atoms. The molecule has 1 unspecified atom stereocenters. The van der Waals surface area contributed by atoms with Crippen LogP contribution in [0.25, 0.3) is 0 Å². The van der Waals surface area contributed by atoms with E-state index >= 15 is 0 Å². The predicted octanol–water partition coefficient (Wildman–Crippen LogP) is 2.96. The number of amides is 4. The van der Waals surface area contributed by atoms with Gasteiger partial charge in [0.1, 0.15) is 6.04 Å². The molecule has 13 heteroatoms. The van der Waals surface area contributed by atoms with E-state index in [1.54, 1.807) is 18.2 Å². The van der Waals surface area contributed by atoms with Gasteiger partial charge in [-0.3, -0.25) is 29.4 Å². The topological polar surface area (TPSA) is 151 Å². The third-order valence-electron chi connectivity index (χ3n) is 7.53. The lowest BCUT2D eigenvalue weighted by Gasteiger charge is -2.27. The highest BCUT2D eigenvalue weighted by molar-refractivity contribution is 6.25. The Kier molecular flexibility index (Phi) is 18.4. The Morgan fingerprint density at radius 1 is 0.696 bits per heavy atom. The smallest absolute Gasteiger partial charge is 0.264 e. The van der Waals surface area contributed by atoms with Crippen LogP contribution in [0.15, 0.2) is 18.2 Å². The maximum atomic E-state index is 13.1. The Bertz CT molecular complexity index is 1090. The van der Waals surface area contributed by atoms with Crippen molar-refractivity contribution in [3.8, 4) is 0 Å². The number of fused-ring (bicyclic) bond motifs is 1. The minimum Gasteiger partial charge on any atom is -0.382 e. The monoisotopic (exact) mass is 649 g/mol. The molecule has 0 saturated carbocycles. The molecule has 4 amide bonds. The van der Waals surface area contributed by atoms with E-state index < -0.39 is 29.7 Å². The fourth-order valence-corrected chi connectivity index (χ4v) is 5.11. The van der Waals surface area contributed by atoms with Crippen LogP contribution in [0.5, 0.6) is 0 Å². The number of nitrogens with zero attached hydrogens (tertiary/aromatic N) is 1. The molecule has 1 fully saturated rings. The van der Waals surface area contributed by atoms with Gasteiger partial charge in [0.25, 0.3) is 11.8 Å². The maximum absolute atomic E-state index is 13.1. The van der Waals surface area contributed by atoms with Crippen molar-refractivity contribution < 1.29 is 47.6 Å². The normalized spacial score (nSPS) is 16.3. The number of carbonyl (C=O) groups excluding carboxylic acids is 4. The van der Waals surface area contributed by atoms with Gasteiger partial charge in [0.05, 0.1) is 83.8 Å². The average Bonchev–Trinajstić information content (AvgIpc) is 3.30. The number of hydrogen-bond donors (Lipinski definition) is 2. The Labute approximate surface area is 271 Å². The quantitative estimate of drug-likeness (QED) is 0.107. The lowest BCUT2D eigenvalue weighted by atomic mass is 10.0. The van der Waals surface area contributed by atoms with Crippen molar-refractivity contribution >= 4 is 29.3 Å². The van der Waals surface area contributed by atoms with Crippen LogP contribution in [0.4, 0.5) is 5.69 Å². The fourth-order valence-electron chi connectivity index (χ4n) is 5.11. The second-order valence-corrected chi connectivity index (χ2v) is 11.0. The summed E-state index contributed by atoms with van der Waals surface area (Å²) in [6.07, 6.45) is 7.77. The molecule has 0 radical (unpaired) electrons. The number of benzene rings is 1. The van der Waals surface area contributed by atoms with Crippen LogP contribution in [-0.2, 0) is 38.0 Å². The molecule has 0 bridgehead atoms. The summed E-state index contributed by atoms with van der Waals surface area (Å²) >= 11 is 0. The number of carbonyl (C=O) groups is 4. The highest BCUT2D eigenvalue weighted by Gasteiger charge is 2.45. The largest absolute Gasteiger partial charge is 0.382 e. The molecule has 2 aliphatic heterocycles.